The number of aromatic nitrogens is 3. The van der Waals surface area contributed by atoms with Crippen molar-refractivity contribution >= 4 is 11.8 Å². The fourth-order valence-corrected chi connectivity index (χ4v) is 4.43. The van der Waals surface area contributed by atoms with Crippen LogP contribution in [-0.4, -0.2) is 45.4 Å². The lowest BCUT2D eigenvalue weighted by Crippen LogP contribution is -2.21. The van der Waals surface area contributed by atoms with Crippen LogP contribution in [0.4, 0.5) is 0 Å². The summed E-state index contributed by atoms with van der Waals surface area (Å²) in [5.74, 6) is 2.01. The summed E-state index contributed by atoms with van der Waals surface area (Å²) in [6, 6.07) is 26.1. The number of aliphatic hydroxyl groups is 1. The predicted octanol–water partition coefficient (Wildman–Crippen LogP) is 5.06. The van der Waals surface area contributed by atoms with Gasteiger partial charge in [0, 0.05) is 18.4 Å². The minimum absolute atomic E-state index is 0.212. The summed E-state index contributed by atoms with van der Waals surface area (Å²) >= 11 is 1.46. The van der Waals surface area contributed by atoms with E-state index in [1.807, 2.05) is 66.2 Å². The fourth-order valence-electron chi connectivity index (χ4n) is 3.61. The van der Waals surface area contributed by atoms with Crippen molar-refractivity contribution in [3.63, 3.8) is 0 Å². The van der Waals surface area contributed by atoms with Crippen LogP contribution in [0.5, 0.6) is 5.75 Å². The van der Waals surface area contributed by atoms with Crippen molar-refractivity contribution in [1.29, 1.82) is 0 Å². The molecule has 7 heteroatoms. The summed E-state index contributed by atoms with van der Waals surface area (Å²) in [4.78, 5) is 0. The molecule has 0 aliphatic rings. The zero-order chi connectivity index (χ0) is 23.9. The van der Waals surface area contributed by atoms with Crippen LogP contribution in [0.3, 0.4) is 0 Å². The molecule has 0 radical (unpaired) electrons. The number of hydrogen-bond acceptors (Lipinski definition) is 6. The Balaban J connectivity index is 1.38. The van der Waals surface area contributed by atoms with Crippen molar-refractivity contribution in [1.82, 2.24) is 14.8 Å². The Morgan fingerprint density at radius 3 is 2.26 bits per heavy atom. The van der Waals surface area contributed by atoms with Crippen LogP contribution in [0.15, 0.2) is 84.0 Å². The van der Waals surface area contributed by atoms with Gasteiger partial charge in [-0.1, -0.05) is 71.9 Å². The molecule has 2 unspecified atom stereocenters. The molecule has 176 valence electrons. The minimum atomic E-state index is -0.650. The van der Waals surface area contributed by atoms with E-state index in [9.17, 15) is 5.11 Å². The molecule has 34 heavy (non-hydrogen) atoms. The quantitative estimate of drug-likeness (QED) is 0.324. The number of rotatable bonds is 10. The van der Waals surface area contributed by atoms with Crippen LogP contribution in [0.2, 0.25) is 0 Å². The normalized spacial score (nSPS) is 12.9. The van der Waals surface area contributed by atoms with Crippen LogP contribution in [-0.2, 0) is 11.8 Å². The summed E-state index contributed by atoms with van der Waals surface area (Å²) in [6.07, 6.45) is -0.888. The number of aryl methyl sites for hydroxylation is 1. The van der Waals surface area contributed by atoms with Crippen molar-refractivity contribution in [2.24, 2.45) is 7.05 Å². The molecule has 2 atom stereocenters. The molecule has 0 amide bonds. The van der Waals surface area contributed by atoms with E-state index in [-0.39, 0.29) is 12.7 Å². The molecule has 1 N–H and O–H groups in total. The third kappa shape index (κ3) is 5.86. The van der Waals surface area contributed by atoms with E-state index in [0.29, 0.717) is 5.75 Å². The fraction of sp³-hybridized carbons (Fsp3) is 0.259. The molecule has 0 saturated heterocycles. The highest BCUT2D eigenvalue weighted by molar-refractivity contribution is 7.99. The first-order valence-electron chi connectivity index (χ1n) is 11.1. The van der Waals surface area contributed by atoms with Gasteiger partial charge >= 0.3 is 0 Å². The minimum Gasteiger partial charge on any atom is -0.497 e. The molecule has 0 spiro atoms. The smallest absolute Gasteiger partial charge is 0.191 e. The van der Waals surface area contributed by atoms with Gasteiger partial charge in [-0.15, -0.1) is 10.2 Å². The van der Waals surface area contributed by atoms with Crippen LogP contribution < -0.4 is 4.74 Å². The zero-order valence-electron chi connectivity index (χ0n) is 19.6. The second-order valence-electron chi connectivity index (χ2n) is 8.09. The van der Waals surface area contributed by atoms with E-state index in [0.717, 1.165) is 33.4 Å². The maximum Gasteiger partial charge on any atom is 0.191 e. The van der Waals surface area contributed by atoms with Gasteiger partial charge in [-0.25, -0.2) is 0 Å². The SMILES string of the molecule is COc1ccc(-c2nnc(SCC(O)COC(c3ccccc3)c3ccc(C)cc3)n2C)cc1. The molecule has 4 rings (SSSR count). The number of hydrogen-bond donors (Lipinski definition) is 1. The summed E-state index contributed by atoms with van der Waals surface area (Å²) < 4.78 is 13.4. The monoisotopic (exact) mass is 475 g/mol. The molecule has 0 bridgehead atoms. The first-order valence-corrected chi connectivity index (χ1v) is 12.1. The molecule has 0 aliphatic heterocycles. The second-order valence-corrected chi connectivity index (χ2v) is 9.08. The van der Waals surface area contributed by atoms with Crippen LogP contribution >= 0.6 is 11.8 Å². The predicted molar refractivity (Wildman–Crippen MR) is 135 cm³/mol. The average Bonchev–Trinajstić information content (AvgIpc) is 3.24. The lowest BCUT2D eigenvalue weighted by atomic mass is 10.0. The highest BCUT2D eigenvalue weighted by Crippen LogP contribution is 2.28. The summed E-state index contributed by atoms with van der Waals surface area (Å²) in [5.41, 5.74) is 4.28. The lowest BCUT2D eigenvalue weighted by Gasteiger charge is -2.21. The molecule has 3 aromatic carbocycles. The molecule has 0 aliphatic carbocycles. The maximum absolute atomic E-state index is 10.7. The number of thioether (sulfide) groups is 1. The average molecular weight is 476 g/mol. The van der Waals surface area contributed by atoms with E-state index in [2.05, 4.69) is 41.4 Å². The van der Waals surface area contributed by atoms with Crippen molar-refractivity contribution in [2.75, 3.05) is 19.5 Å². The standard InChI is InChI=1S/C27H29N3O3S/c1-19-9-11-21(12-10-19)25(20-7-5-4-6-8-20)33-17-23(31)18-34-27-29-28-26(30(27)2)22-13-15-24(32-3)16-14-22/h4-16,23,25,31H,17-18H2,1-3H3. The summed E-state index contributed by atoms with van der Waals surface area (Å²) in [6.45, 7) is 2.28. The maximum atomic E-state index is 10.7. The van der Waals surface area contributed by atoms with Gasteiger partial charge in [0.25, 0.3) is 0 Å². The van der Waals surface area contributed by atoms with E-state index in [4.69, 9.17) is 9.47 Å². The number of ether oxygens (including phenoxy) is 2. The Bertz CT molecular complexity index is 1180. The molecule has 1 heterocycles. The number of aliphatic hydroxyl groups excluding tert-OH is 1. The summed E-state index contributed by atoms with van der Waals surface area (Å²) in [5, 5.41) is 20.0. The van der Waals surface area contributed by atoms with Crippen molar-refractivity contribution in [3.05, 3.63) is 95.6 Å². The Morgan fingerprint density at radius 2 is 1.59 bits per heavy atom. The Labute approximate surface area is 204 Å². The van der Waals surface area contributed by atoms with Gasteiger partial charge in [-0.05, 0) is 42.3 Å². The molecule has 0 fully saturated rings. The van der Waals surface area contributed by atoms with Crippen molar-refractivity contribution < 1.29 is 14.6 Å². The largest absolute Gasteiger partial charge is 0.497 e. The molecule has 4 aromatic rings. The van der Waals surface area contributed by atoms with E-state index in [1.54, 1.807) is 7.11 Å². The van der Waals surface area contributed by atoms with Gasteiger partial charge in [0.05, 0.1) is 19.8 Å². The zero-order valence-corrected chi connectivity index (χ0v) is 20.4. The summed E-state index contributed by atoms with van der Waals surface area (Å²) in [7, 11) is 3.57. The third-order valence-corrected chi connectivity index (χ3v) is 6.69. The van der Waals surface area contributed by atoms with E-state index >= 15 is 0 Å². The lowest BCUT2D eigenvalue weighted by molar-refractivity contribution is 0.0155. The van der Waals surface area contributed by atoms with Gasteiger partial charge in [-0.2, -0.15) is 0 Å². The first-order chi connectivity index (χ1) is 16.5. The highest BCUT2D eigenvalue weighted by Gasteiger charge is 2.18. The van der Waals surface area contributed by atoms with Gasteiger partial charge in [0.15, 0.2) is 11.0 Å². The Hall–Kier alpha value is -3.13. The topological polar surface area (TPSA) is 69.4 Å². The van der Waals surface area contributed by atoms with Crippen molar-refractivity contribution in [3.8, 4) is 17.1 Å². The van der Waals surface area contributed by atoms with Crippen LogP contribution in [0.25, 0.3) is 11.4 Å². The van der Waals surface area contributed by atoms with E-state index in [1.165, 1.54) is 17.3 Å². The first kappa shape index (κ1) is 24.0. The van der Waals surface area contributed by atoms with Crippen molar-refractivity contribution in [2.45, 2.75) is 24.3 Å². The van der Waals surface area contributed by atoms with Gasteiger partial charge in [0.1, 0.15) is 11.9 Å². The molecule has 1 aromatic heterocycles. The third-order valence-electron chi connectivity index (χ3n) is 5.53. The van der Waals surface area contributed by atoms with E-state index < -0.39 is 6.10 Å². The highest BCUT2D eigenvalue weighted by atomic mass is 32.2. The van der Waals surface area contributed by atoms with Gasteiger partial charge in [-0.3, -0.25) is 0 Å². The van der Waals surface area contributed by atoms with Gasteiger partial charge in [0.2, 0.25) is 0 Å². The van der Waals surface area contributed by atoms with Crippen LogP contribution in [0, 0.1) is 6.92 Å². The second kappa shape index (κ2) is 11.3. The Kier molecular flexibility index (Phi) is 8.00. The Morgan fingerprint density at radius 1 is 0.912 bits per heavy atom. The molecular formula is C27H29N3O3S. The number of nitrogens with zero attached hydrogens (tertiary/aromatic N) is 3. The van der Waals surface area contributed by atoms with Crippen LogP contribution in [0.1, 0.15) is 22.8 Å². The number of benzene rings is 3. The molecule has 6 nitrogen and oxygen atoms in total. The van der Waals surface area contributed by atoms with Gasteiger partial charge < -0.3 is 19.1 Å². The number of methoxy groups -OCH3 is 1. The molecular weight excluding hydrogens is 446 g/mol. The molecule has 0 saturated carbocycles.